The number of halogens is 3. The highest BCUT2D eigenvalue weighted by atomic mass is 19.4. The van der Waals surface area contributed by atoms with E-state index in [1.165, 1.54) is 0 Å². The Morgan fingerprint density at radius 3 is 2.33 bits per heavy atom. The maximum atomic E-state index is 12.6. The third kappa shape index (κ3) is 3.70. The molecule has 1 unspecified atom stereocenters. The number of aliphatic carboxylic acids is 1. The number of carboxylic acids is 1. The van der Waals surface area contributed by atoms with Crippen LogP contribution in [0.1, 0.15) is 19.3 Å². The van der Waals surface area contributed by atoms with Crippen LogP contribution in [-0.4, -0.2) is 30.5 Å². The first-order chi connectivity index (χ1) is 6.91. The molecule has 0 aromatic heterocycles. The van der Waals surface area contributed by atoms with Crippen LogP contribution in [0.4, 0.5) is 13.2 Å². The van der Waals surface area contributed by atoms with Crippen molar-refractivity contribution >= 4 is 5.97 Å². The first-order valence-corrected chi connectivity index (χ1v) is 4.77. The van der Waals surface area contributed by atoms with Gasteiger partial charge in [-0.2, -0.15) is 13.2 Å². The van der Waals surface area contributed by atoms with Crippen LogP contribution in [0, 0.1) is 11.8 Å². The lowest BCUT2D eigenvalue weighted by atomic mass is 9.83. The van der Waals surface area contributed by atoms with Crippen molar-refractivity contribution in [1.29, 1.82) is 0 Å². The Hall–Kier alpha value is -0.780. The zero-order chi connectivity index (χ0) is 11.5. The van der Waals surface area contributed by atoms with Crippen LogP contribution in [0.3, 0.4) is 0 Å². The summed E-state index contributed by atoms with van der Waals surface area (Å²) in [5.74, 6) is -3.75. The van der Waals surface area contributed by atoms with Gasteiger partial charge in [0.05, 0.1) is 12.3 Å². The SMILES string of the molecule is O=C(O)CC(C1CCOCC1)C(F)(F)F. The van der Waals surface area contributed by atoms with Crippen LogP contribution < -0.4 is 0 Å². The van der Waals surface area contributed by atoms with Gasteiger partial charge in [0.25, 0.3) is 0 Å². The third-order valence-electron chi connectivity index (χ3n) is 2.65. The van der Waals surface area contributed by atoms with Gasteiger partial charge in [0.15, 0.2) is 0 Å². The molecule has 1 heterocycles. The molecule has 1 N–H and O–H groups in total. The fourth-order valence-electron chi connectivity index (χ4n) is 1.86. The van der Waals surface area contributed by atoms with Crippen molar-refractivity contribution in [3.8, 4) is 0 Å². The quantitative estimate of drug-likeness (QED) is 0.801. The molecule has 0 spiro atoms. The summed E-state index contributed by atoms with van der Waals surface area (Å²) in [6, 6.07) is 0. The molecule has 88 valence electrons. The standard InChI is InChI=1S/C9H13F3O3/c10-9(11,12)7(5-8(13)14)6-1-3-15-4-2-6/h6-7H,1-5H2,(H,13,14). The number of alkyl halides is 3. The molecule has 15 heavy (non-hydrogen) atoms. The summed E-state index contributed by atoms with van der Waals surface area (Å²) < 4.78 is 42.6. The molecule has 0 saturated carbocycles. The average molecular weight is 226 g/mol. The molecule has 0 aliphatic carbocycles. The van der Waals surface area contributed by atoms with Crippen LogP contribution in [0.25, 0.3) is 0 Å². The maximum absolute atomic E-state index is 12.6. The fraction of sp³-hybridized carbons (Fsp3) is 0.889. The molecule has 0 aromatic carbocycles. The molecule has 0 amide bonds. The van der Waals surface area contributed by atoms with Crippen molar-refractivity contribution in [3.63, 3.8) is 0 Å². The van der Waals surface area contributed by atoms with Crippen LogP contribution in [0.15, 0.2) is 0 Å². The van der Waals surface area contributed by atoms with E-state index in [1.54, 1.807) is 0 Å². The van der Waals surface area contributed by atoms with E-state index in [4.69, 9.17) is 9.84 Å². The van der Waals surface area contributed by atoms with Crippen LogP contribution in [0.5, 0.6) is 0 Å². The second-order valence-corrected chi connectivity index (χ2v) is 3.70. The molecular weight excluding hydrogens is 213 g/mol. The Labute approximate surface area is 85.2 Å². The smallest absolute Gasteiger partial charge is 0.392 e. The fourth-order valence-corrected chi connectivity index (χ4v) is 1.86. The molecule has 3 nitrogen and oxygen atoms in total. The molecule has 0 radical (unpaired) electrons. The molecule has 1 saturated heterocycles. The number of carboxylic acid groups (broad SMARTS) is 1. The first kappa shape index (κ1) is 12.3. The minimum absolute atomic E-state index is 0.289. The lowest BCUT2D eigenvalue weighted by molar-refractivity contribution is -0.201. The summed E-state index contributed by atoms with van der Waals surface area (Å²) in [7, 11) is 0. The maximum Gasteiger partial charge on any atom is 0.392 e. The molecule has 1 aliphatic rings. The number of hydrogen-bond donors (Lipinski definition) is 1. The van der Waals surface area contributed by atoms with Gasteiger partial charge in [0.1, 0.15) is 0 Å². The number of rotatable bonds is 3. The van der Waals surface area contributed by atoms with E-state index in [1.807, 2.05) is 0 Å². The van der Waals surface area contributed by atoms with Crippen molar-refractivity contribution in [2.24, 2.45) is 11.8 Å². The van der Waals surface area contributed by atoms with Crippen molar-refractivity contribution < 1.29 is 27.8 Å². The second-order valence-electron chi connectivity index (χ2n) is 3.70. The van der Waals surface area contributed by atoms with E-state index < -0.39 is 30.4 Å². The highest BCUT2D eigenvalue weighted by Crippen LogP contribution is 2.38. The van der Waals surface area contributed by atoms with Gasteiger partial charge in [-0.3, -0.25) is 4.79 Å². The Bertz CT molecular complexity index is 221. The minimum Gasteiger partial charge on any atom is -0.481 e. The van der Waals surface area contributed by atoms with E-state index in [-0.39, 0.29) is 26.1 Å². The van der Waals surface area contributed by atoms with Crippen LogP contribution in [0.2, 0.25) is 0 Å². The molecule has 0 aromatic rings. The Balaban J connectivity index is 2.66. The molecule has 1 rings (SSSR count). The highest BCUT2D eigenvalue weighted by Gasteiger charge is 2.45. The predicted octanol–water partition coefficient (Wildman–Crippen LogP) is 2.07. The highest BCUT2D eigenvalue weighted by molar-refractivity contribution is 5.67. The number of hydrogen-bond acceptors (Lipinski definition) is 2. The van der Waals surface area contributed by atoms with E-state index in [0.29, 0.717) is 0 Å². The Morgan fingerprint density at radius 1 is 1.40 bits per heavy atom. The second kappa shape index (κ2) is 4.83. The zero-order valence-electron chi connectivity index (χ0n) is 8.09. The largest absolute Gasteiger partial charge is 0.481 e. The van der Waals surface area contributed by atoms with Gasteiger partial charge in [0.2, 0.25) is 0 Å². The van der Waals surface area contributed by atoms with Gasteiger partial charge < -0.3 is 9.84 Å². The molecule has 1 aliphatic heterocycles. The van der Waals surface area contributed by atoms with E-state index >= 15 is 0 Å². The minimum atomic E-state index is -4.43. The number of ether oxygens (including phenoxy) is 1. The van der Waals surface area contributed by atoms with Gasteiger partial charge >= 0.3 is 12.1 Å². The molecule has 6 heteroatoms. The summed E-state index contributed by atoms with van der Waals surface area (Å²) in [5.41, 5.74) is 0. The summed E-state index contributed by atoms with van der Waals surface area (Å²) in [5, 5.41) is 8.45. The van der Waals surface area contributed by atoms with E-state index in [9.17, 15) is 18.0 Å². The van der Waals surface area contributed by atoms with Crippen molar-refractivity contribution in [2.45, 2.75) is 25.4 Å². The summed E-state index contributed by atoms with van der Waals surface area (Å²) >= 11 is 0. The third-order valence-corrected chi connectivity index (χ3v) is 2.65. The first-order valence-electron chi connectivity index (χ1n) is 4.77. The zero-order valence-corrected chi connectivity index (χ0v) is 8.09. The van der Waals surface area contributed by atoms with E-state index in [0.717, 1.165) is 0 Å². The summed E-state index contributed by atoms with van der Waals surface area (Å²) in [6.45, 7) is 0.577. The average Bonchev–Trinajstić information content (AvgIpc) is 2.14. The molecular formula is C9H13F3O3. The summed E-state index contributed by atoms with van der Waals surface area (Å²) in [6.07, 6.45) is -4.69. The Kier molecular flexibility index (Phi) is 3.96. The van der Waals surface area contributed by atoms with Gasteiger partial charge in [-0.05, 0) is 18.8 Å². The predicted molar refractivity (Wildman–Crippen MR) is 45.3 cm³/mol. The van der Waals surface area contributed by atoms with Crippen molar-refractivity contribution in [2.75, 3.05) is 13.2 Å². The molecule has 1 atom stereocenters. The topological polar surface area (TPSA) is 46.5 Å². The normalized spacial score (nSPS) is 21.3. The van der Waals surface area contributed by atoms with Crippen molar-refractivity contribution in [3.05, 3.63) is 0 Å². The van der Waals surface area contributed by atoms with Gasteiger partial charge in [0, 0.05) is 13.2 Å². The lowest BCUT2D eigenvalue weighted by Crippen LogP contribution is -2.35. The van der Waals surface area contributed by atoms with Crippen LogP contribution in [-0.2, 0) is 9.53 Å². The van der Waals surface area contributed by atoms with Crippen molar-refractivity contribution in [1.82, 2.24) is 0 Å². The van der Waals surface area contributed by atoms with Gasteiger partial charge in [-0.25, -0.2) is 0 Å². The van der Waals surface area contributed by atoms with Crippen LogP contribution >= 0.6 is 0 Å². The monoisotopic (exact) mass is 226 g/mol. The lowest BCUT2D eigenvalue weighted by Gasteiger charge is -2.30. The van der Waals surface area contributed by atoms with E-state index in [2.05, 4.69) is 0 Å². The Morgan fingerprint density at radius 2 is 1.93 bits per heavy atom. The number of carbonyl (C=O) groups is 1. The molecule has 1 fully saturated rings. The van der Waals surface area contributed by atoms with Gasteiger partial charge in [-0.15, -0.1) is 0 Å². The van der Waals surface area contributed by atoms with Gasteiger partial charge in [-0.1, -0.05) is 0 Å². The molecule has 0 bridgehead atoms. The summed E-state index contributed by atoms with van der Waals surface area (Å²) in [4.78, 5) is 10.4.